The predicted octanol–water partition coefficient (Wildman–Crippen LogP) is 6.25. The zero-order valence-electron chi connectivity index (χ0n) is 26.8. The average Bonchev–Trinajstić information content (AvgIpc) is 3.63. The molecule has 0 radical (unpaired) electrons. The lowest BCUT2D eigenvalue weighted by atomic mass is 10.0. The molecule has 1 fully saturated rings. The number of ether oxygens (including phenoxy) is 2. The predicted molar refractivity (Wildman–Crippen MR) is 187 cm³/mol. The van der Waals surface area contributed by atoms with Crippen molar-refractivity contribution in [2.75, 3.05) is 24.1 Å². The van der Waals surface area contributed by atoms with Crippen molar-refractivity contribution in [3.63, 3.8) is 0 Å². The summed E-state index contributed by atoms with van der Waals surface area (Å²) in [5.41, 5.74) is 1.69. The van der Waals surface area contributed by atoms with Crippen LogP contribution in [0.1, 0.15) is 36.8 Å². The van der Waals surface area contributed by atoms with Gasteiger partial charge in [-0.05, 0) is 72.5 Å². The summed E-state index contributed by atoms with van der Waals surface area (Å²) < 4.78 is 55.8. The molecule has 4 aromatic rings. The highest BCUT2D eigenvalue weighted by Crippen LogP contribution is 2.34. The van der Waals surface area contributed by atoms with Crippen LogP contribution in [0, 0.1) is 5.82 Å². The molecule has 12 heteroatoms. The smallest absolute Gasteiger partial charge is 0.264 e. The average molecular weight is 751 g/mol. The lowest BCUT2D eigenvalue weighted by molar-refractivity contribution is -0.140. The van der Waals surface area contributed by atoms with Crippen molar-refractivity contribution < 1.29 is 31.9 Å². The van der Waals surface area contributed by atoms with Gasteiger partial charge in [0.25, 0.3) is 10.0 Å². The summed E-state index contributed by atoms with van der Waals surface area (Å²) >= 11 is 3.45. The number of hydrogen-bond acceptors (Lipinski definition) is 6. The standard InChI is InChI=1S/C37H37BrFN3O6S/c38-28-12-10-27(11-13-28)24-41(33(22-26-6-2-1-3-7-26)37(44)40-30-8-4-5-9-30)36(43)25-42(31-16-14-29(39)15-17-31)49(45,46)32-18-19-34-35(23-32)48-21-20-47-34/h1-3,6-7,10-19,23,30,33H,4-5,8-9,20-22,24-25H2,(H,40,44). The summed E-state index contributed by atoms with van der Waals surface area (Å²) in [6.07, 6.45) is 3.96. The molecule has 2 amide bonds. The van der Waals surface area contributed by atoms with Crippen LogP contribution in [-0.2, 0) is 32.6 Å². The molecule has 1 saturated carbocycles. The fourth-order valence-electron chi connectivity index (χ4n) is 6.16. The number of halogens is 2. The Balaban J connectivity index is 1.39. The SMILES string of the molecule is O=C(NC1CCCC1)C(Cc1ccccc1)N(Cc1ccc(Br)cc1)C(=O)CN(c1ccc(F)cc1)S(=O)(=O)c1ccc2c(c1)OCCO2. The number of carbonyl (C=O) groups excluding carboxylic acids is 2. The van der Waals surface area contributed by atoms with Crippen molar-refractivity contribution in [2.24, 2.45) is 0 Å². The van der Waals surface area contributed by atoms with Gasteiger partial charge in [0.2, 0.25) is 11.8 Å². The second-order valence-electron chi connectivity index (χ2n) is 12.1. The van der Waals surface area contributed by atoms with Gasteiger partial charge in [0, 0.05) is 29.5 Å². The first-order valence-electron chi connectivity index (χ1n) is 16.2. The summed E-state index contributed by atoms with van der Waals surface area (Å²) in [5.74, 6) is -0.788. The van der Waals surface area contributed by atoms with Crippen molar-refractivity contribution >= 4 is 43.5 Å². The van der Waals surface area contributed by atoms with Crippen molar-refractivity contribution in [2.45, 2.75) is 55.6 Å². The van der Waals surface area contributed by atoms with Crippen LogP contribution in [0.5, 0.6) is 11.5 Å². The van der Waals surface area contributed by atoms with E-state index in [2.05, 4.69) is 21.2 Å². The molecular formula is C37H37BrFN3O6S. The highest BCUT2D eigenvalue weighted by atomic mass is 79.9. The number of anilines is 1. The maximum absolute atomic E-state index is 14.7. The fourth-order valence-corrected chi connectivity index (χ4v) is 7.85. The van der Waals surface area contributed by atoms with E-state index < -0.39 is 34.3 Å². The van der Waals surface area contributed by atoms with E-state index in [0.29, 0.717) is 12.4 Å². The molecule has 1 N–H and O–H groups in total. The normalized spacial score (nSPS) is 15.0. The third kappa shape index (κ3) is 8.42. The van der Waals surface area contributed by atoms with Gasteiger partial charge in [0.05, 0.1) is 10.6 Å². The molecule has 256 valence electrons. The Morgan fingerprint density at radius 3 is 2.22 bits per heavy atom. The van der Waals surface area contributed by atoms with Crippen LogP contribution >= 0.6 is 15.9 Å². The first-order chi connectivity index (χ1) is 23.7. The maximum Gasteiger partial charge on any atom is 0.264 e. The van der Waals surface area contributed by atoms with E-state index in [1.807, 2.05) is 54.6 Å². The highest BCUT2D eigenvalue weighted by molar-refractivity contribution is 9.10. The van der Waals surface area contributed by atoms with Crippen LogP contribution in [0.4, 0.5) is 10.1 Å². The van der Waals surface area contributed by atoms with Gasteiger partial charge in [-0.2, -0.15) is 0 Å². The van der Waals surface area contributed by atoms with Crippen LogP contribution in [-0.4, -0.2) is 57.0 Å². The van der Waals surface area contributed by atoms with E-state index >= 15 is 0 Å². The number of rotatable bonds is 12. The van der Waals surface area contributed by atoms with Gasteiger partial charge in [0.1, 0.15) is 31.6 Å². The van der Waals surface area contributed by atoms with Gasteiger partial charge in [-0.25, -0.2) is 12.8 Å². The van der Waals surface area contributed by atoms with E-state index in [1.165, 1.54) is 35.2 Å². The Morgan fingerprint density at radius 2 is 1.53 bits per heavy atom. The summed E-state index contributed by atoms with van der Waals surface area (Å²) in [7, 11) is -4.41. The fraction of sp³-hybridized carbons (Fsp3) is 0.297. The zero-order valence-corrected chi connectivity index (χ0v) is 29.2. The van der Waals surface area contributed by atoms with Crippen LogP contribution in [0.15, 0.2) is 106 Å². The lowest BCUT2D eigenvalue weighted by Gasteiger charge is -2.34. The van der Waals surface area contributed by atoms with E-state index in [1.54, 1.807) is 0 Å². The van der Waals surface area contributed by atoms with Gasteiger partial charge >= 0.3 is 0 Å². The van der Waals surface area contributed by atoms with E-state index in [4.69, 9.17) is 9.47 Å². The summed E-state index contributed by atoms with van der Waals surface area (Å²) in [6, 6.07) is 25.0. The Morgan fingerprint density at radius 1 is 0.857 bits per heavy atom. The number of sulfonamides is 1. The van der Waals surface area contributed by atoms with Gasteiger partial charge in [-0.3, -0.25) is 13.9 Å². The molecule has 4 aromatic carbocycles. The lowest BCUT2D eigenvalue weighted by Crippen LogP contribution is -2.54. The second kappa shape index (κ2) is 15.4. The number of nitrogens with one attached hydrogen (secondary N) is 1. The molecule has 49 heavy (non-hydrogen) atoms. The van der Waals surface area contributed by atoms with Gasteiger partial charge < -0.3 is 19.7 Å². The number of carbonyl (C=O) groups is 2. The third-order valence-corrected chi connectivity index (χ3v) is 11.0. The van der Waals surface area contributed by atoms with Gasteiger partial charge in [-0.15, -0.1) is 0 Å². The topological polar surface area (TPSA) is 105 Å². The molecule has 0 aromatic heterocycles. The minimum atomic E-state index is -4.41. The Kier molecular flexibility index (Phi) is 10.8. The first-order valence-corrected chi connectivity index (χ1v) is 18.5. The van der Waals surface area contributed by atoms with E-state index in [-0.39, 0.29) is 47.9 Å². The molecule has 1 unspecified atom stereocenters. The number of amides is 2. The Hall–Kier alpha value is -4.42. The molecule has 0 bridgehead atoms. The zero-order chi connectivity index (χ0) is 34.4. The third-order valence-electron chi connectivity index (χ3n) is 8.73. The monoisotopic (exact) mass is 749 g/mol. The van der Waals surface area contributed by atoms with E-state index in [0.717, 1.165) is 57.7 Å². The van der Waals surface area contributed by atoms with Crippen LogP contribution in [0.3, 0.4) is 0 Å². The summed E-state index contributed by atoms with van der Waals surface area (Å²) in [5, 5.41) is 3.17. The molecule has 6 rings (SSSR count). The van der Waals surface area contributed by atoms with Crippen LogP contribution < -0.4 is 19.1 Å². The largest absolute Gasteiger partial charge is 0.486 e. The minimum absolute atomic E-state index is 0.00158. The quantitative estimate of drug-likeness (QED) is 0.184. The highest BCUT2D eigenvalue weighted by Gasteiger charge is 2.36. The Labute approximate surface area is 294 Å². The number of benzene rings is 4. The van der Waals surface area contributed by atoms with Crippen molar-refractivity contribution in [1.29, 1.82) is 0 Å². The number of nitrogens with zero attached hydrogens (tertiary/aromatic N) is 2. The molecule has 0 saturated heterocycles. The molecule has 1 aliphatic heterocycles. The molecular weight excluding hydrogens is 713 g/mol. The number of hydrogen-bond donors (Lipinski definition) is 1. The number of fused-ring (bicyclic) bond motifs is 1. The molecule has 1 atom stereocenters. The van der Waals surface area contributed by atoms with Crippen LogP contribution in [0.25, 0.3) is 0 Å². The summed E-state index contributed by atoms with van der Waals surface area (Å²) in [6.45, 7) is -0.0145. The first kappa shape index (κ1) is 34.4. The van der Waals surface area contributed by atoms with Crippen LogP contribution in [0.2, 0.25) is 0 Å². The molecule has 2 aliphatic rings. The molecule has 0 spiro atoms. The minimum Gasteiger partial charge on any atom is -0.486 e. The van der Waals surface area contributed by atoms with Gasteiger partial charge in [0.15, 0.2) is 11.5 Å². The second-order valence-corrected chi connectivity index (χ2v) is 14.9. The van der Waals surface area contributed by atoms with Gasteiger partial charge in [-0.1, -0.05) is 71.2 Å². The van der Waals surface area contributed by atoms with E-state index in [9.17, 15) is 22.4 Å². The van der Waals surface area contributed by atoms with Crippen molar-refractivity contribution in [1.82, 2.24) is 10.2 Å². The van der Waals surface area contributed by atoms with Crippen molar-refractivity contribution in [3.05, 3.63) is 118 Å². The Bertz CT molecular complexity index is 1870. The van der Waals surface area contributed by atoms with Crippen molar-refractivity contribution in [3.8, 4) is 11.5 Å². The molecule has 1 heterocycles. The summed E-state index contributed by atoms with van der Waals surface area (Å²) in [4.78, 5) is 30.1. The molecule has 9 nitrogen and oxygen atoms in total. The maximum atomic E-state index is 14.7. The molecule has 1 aliphatic carbocycles.